The first-order chi connectivity index (χ1) is 10.6. The summed E-state index contributed by atoms with van der Waals surface area (Å²) >= 11 is 6.07. The second-order valence-electron chi connectivity index (χ2n) is 6.71. The summed E-state index contributed by atoms with van der Waals surface area (Å²) in [6.45, 7) is 4.66. The van der Waals surface area contributed by atoms with Gasteiger partial charge in [0.05, 0.1) is 5.54 Å². The van der Waals surface area contributed by atoms with Crippen molar-refractivity contribution in [2.24, 2.45) is 5.92 Å². The van der Waals surface area contributed by atoms with Gasteiger partial charge in [0, 0.05) is 23.0 Å². The Bertz CT molecular complexity index is 677. The third-order valence-corrected chi connectivity index (χ3v) is 5.53. The third kappa shape index (κ3) is 2.33. The Morgan fingerprint density at radius 1 is 1.14 bits per heavy atom. The van der Waals surface area contributed by atoms with Crippen molar-refractivity contribution in [1.82, 2.24) is 14.9 Å². The fourth-order valence-corrected chi connectivity index (χ4v) is 4.17. The van der Waals surface area contributed by atoms with Gasteiger partial charge >= 0.3 is 0 Å². The van der Waals surface area contributed by atoms with Gasteiger partial charge in [-0.1, -0.05) is 23.7 Å². The number of benzene rings is 1. The van der Waals surface area contributed by atoms with Crippen molar-refractivity contribution >= 4 is 11.6 Å². The quantitative estimate of drug-likeness (QED) is 0.835. The van der Waals surface area contributed by atoms with Gasteiger partial charge in [-0.15, -0.1) is 0 Å². The fraction of sp³-hybridized carbons (Fsp3) is 0.444. The second-order valence-corrected chi connectivity index (χ2v) is 7.15. The van der Waals surface area contributed by atoms with Crippen molar-refractivity contribution in [2.45, 2.75) is 31.7 Å². The molecule has 2 aromatic rings. The first-order valence-corrected chi connectivity index (χ1v) is 8.36. The molecule has 3 aliphatic heterocycles. The lowest BCUT2D eigenvalue weighted by atomic mass is 9.75. The molecule has 1 aromatic heterocycles. The summed E-state index contributed by atoms with van der Waals surface area (Å²) in [5, 5.41) is 0.740. The Balaban J connectivity index is 1.65. The van der Waals surface area contributed by atoms with E-state index in [1.54, 1.807) is 0 Å². The van der Waals surface area contributed by atoms with E-state index in [0.29, 0.717) is 0 Å². The molecule has 4 heteroatoms. The summed E-state index contributed by atoms with van der Waals surface area (Å²) in [4.78, 5) is 12.0. The summed E-state index contributed by atoms with van der Waals surface area (Å²) in [7, 11) is 0. The number of aromatic nitrogens is 2. The van der Waals surface area contributed by atoms with Crippen LogP contribution in [0.2, 0.25) is 5.02 Å². The van der Waals surface area contributed by atoms with E-state index in [1.807, 2.05) is 36.7 Å². The summed E-state index contributed by atoms with van der Waals surface area (Å²) in [6, 6.07) is 7.83. The standard InChI is InChI=1S/C18H20ClN3/c1-18(10-13-5-7-22(18)8-6-13)17-20-11-15(12-21-17)14-3-2-4-16(19)9-14/h2-4,9,11-13H,5-8,10H2,1H3/t18-/m1/s1. The average molecular weight is 314 g/mol. The van der Waals surface area contributed by atoms with Crippen molar-refractivity contribution in [2.75, 3.05) is 13.1 Å². The van der Waals surface area contributed by atoms with E-state index < -0.39 is 0 Å². The molecule has 0 amide bonds. The van der Waals surface area contributed by atoms with Gasteiger partial charge < -0.3 is 0 Å². The Morgan fingerprint density at radius 3 is 2.45 bits per heavy atom. The van der Waals surface area contributed by atoms with Gasteiger partial charge in [0.15, 0.2) is 0 Å². The SMILES string of the molecule is C[C@]1(c2ncc(-c3cccc(Cl)c3)cn2)CC2CCN1CC2. The summed E-state index contributed by atoms with van der Waals surface area (Å²) < 4.78 is 0. The molecule has 3 fully saturated rings. The van der Waals surface area contributed by atoms with Crippen LogP contribution in [0, 0.1) is 5.92 Å². The molecule has 1 atom stereocenters. The number of rotatable bonds is 2. The van der Waals surface area contributed by atoms with Crippen molar-refractivity contribution in [3.63, 3.8) is 0 Å². The zero-order valence-electron chi connectivity index (χ0n) is 12.8. The number of hydrogen-bond donors (Lipinski definition) is 0. The number of piperidine rings is 3. The number of nitrogens with zero attached hydrogens (tertiary/aromatic N) is 3. The van der Waals surface area contributed by atoms with E-state index in [9.17, 15) is 0 Å². The maximum Gasteiger partial charge on any atom is 0.148 e. The zero-order chi connectivity index (χ0) is 15.2. The molecule has 0 spiro atoms. The molecule has 5 rings (SSSR count). The molecule has 22 heavy (non-hydrogen) atoms. The number of halogens is 1. The molecule has 0 aliphatic carbocycles. The first kappa shape index (κ1) is 14.2. The van der Waals surface area contributed by atoms with Gasteiger partial charge in [-0.3, -0.25) is 4.90 Å². The summed E-state index contributed by atoms with van der Waals surface area (Å²) in [5.41, 5.74) is 2.09. The normalized spacial score (nSPS) is 30.5. The Morgan fingerprint density at radius 2 is 1.86 bits per heavy atom. The van der Waals surface area contributed by atoms with Gasteiger partial charge in [-0.05, 0) is 62.9 Å². The lowest BCUT2D eigenvalue weighted by molar-refractivity contribution is -0.0268. The molecule has 4 heterocycles. The molecule has 0 saturated carbocycles. The molecular weight excluding hydrogens is 294 g/mol. The van der Waals surface area contributed by atoms with E-state index in [-0.39, 0.29) is 5.54 Å². The largest absolute Gasteiger partial charge is 0.291 e. The van der Waals surface area contributed by atoms with Crippen LogP contribution in [0.25, 0.3) is 11.1 Å². The van der Waals surface area contributed by atoms with E-state index in [4.69, 9.17) is 21.6 Å². The van der Waals surface area contributed by atoms with Crippen LogP contribution in [-0.4, -0.2) is 28.0 Å². The van der Waals surface area contributed by atoms with E-state index in [0.717, 1.165) is 27.9 Å². The fourth-order valence-electron chi connectivity index (χ4n) is 3.98. The predicted molar refractivity (Wildman–Crippen MR) is 88.7 cm³/mol. The van der Waals surface area contributed by atoms with Gasteiger partial charge in [0.25, 0.3) is 0 Å². The van der Waals surface area contributed by atoms with Gasteiger partial charge in [-0.25, -0.2) is 9.97 Å². The van der Waals surface area contributed by atoms with Crippen molar-refractivity contribution < 1.29 is 0 Å². The molecule has 0 N–H and O–H groups in total. The highest BCUT2D eigenvalue weighted by atomic mass is 35.5. The summed E-state index contributed by atoms with van der Waals surface area (Å²) in [5.74, 6) is 1.80. The van der Waals surface area contributed by atoms with Crippen LogP contribution in [0.3, 0.4) is 0 Å². The molecular formula is C18H20ClN3. The smallest absolute Gasteiger partial charge is 0.148 e. The number of fused-ring (bicyclic) bond motifs is 3. The van der Waals surface area contributed by atoms with Crippen molar-refractivity contribution in [3.05, 3.63) is 47.5 Å². The maximum atomic E-state index is 6.07. The molecule has 3 nitrogen and oxygen atoms in total. The number of hydrogen-bond acceptors (Lipinski definition) is 3. The molecule has 1 aromatic carbocycles. The molecule has 0 radical (unpaired) electrons. The Hall–Kier alpha value is -1.45. The molecule has 3 aliphatic rings. The monoisotopic (exact) mass is 313 g/mol. The summed E-state index contributed by atoms with van der Waals surface area (Å²) in [6.07, 6.45) is 7.71. The van der Waals surface area contributed by atoms with Gasteiger partial charge in [0.2, 0.25) is 0 Å². The van der Waals surface area contributed by atoms with Crippen LogP contribution in [0.1, 0.15) is 32.0 Å². The van der Waals surface area contributed by atoms with Gasteiger partial charge in [-0.2, -0.15) is 0 Å². The maximum absolute atomic E-state index is 6.07. The molecule has 3 saturated heterocycles. The van der Waals surface area contributed by atoms with E-state index in [2.05, 4.69) is 11.8 Å². The van der Waals surface area contributed by atoms with Crippen LogP contribution in [0.4, 0.5) is 0 Å². The highest BCUT2D eigenvalue weighted by Crippen LogP contribution is 2.43. The van der Waals surface area contributed by atoms with E-state index >= 15 is 0 Å². The zero-order valence-corrected chi connectivity index (χ0v) is 13.6. The Labute approximate surface area is 136 Å². The van der Waals surface area contributed by atoms with Crippen LogP contribution < -0.4 is 0 Å². The topological polar surface area (TPSA) is 29.0 Å². The van der Waals surface area contributed by atoms with Crippen LogP contribution in [0.5, 0.6) is 0 Å². The minimum Gasteiger partial charge on any atom is -0.291 e. The molecule has 114 valence electrons. The average Bonchev–Trinajstić information content (AvgIpc) is 2.56. The molecule has 0 unspecified atom stereocenters. The molecule has 2 bridgehead atoms. The first-order valence-electron chi connectivity index (χ1n) is 7.99. The minimum absolute atomic E-state index is 0.00797. The third-order valence-electron chi connectivity index (χ3n) is 5.29. The highest BCUT2D eigenvalue weighted by Gasteiger charge is 2.45. The predicted octanol–water partition coefficient (Wildman–Crippen LogP) is 4.13. The van der Waals surface area contributed by atoms with Crippen molar-refractivity contribution in [3.8, 4) is 11.1 Å². The minimum atomic E-state index is 0.00797. The lowest BCUT2D eigenvalue weighted by Crippen LogP contribution is -2.55. The van der Waals surface area contributed by atoms with Crippen LogP contribution in [-0.2, 0) is 5.54 Å². The lowest BCUT2D eigenvalue weighted by Gasteiger charge is -2.51. The van der Waals surface area contributed by atoms with Crippen molar-refractivity contribution in [1.29, 1.82) is 0 Å². The van der Waals surface area contributed by atoms with Gasteiger partial charge in [0.1, 0.15) is 5.82 Å². The Kier molecular flexibility index (Phi) is 3.43. The highest BCUT2D eigenvalue weighted by molar-refractivity contribution is 6.30. The second kappa shape index (κ2) is 5.32. The van der Waals surface area contributed by atoms with Crippen LogP contribution in [0.15, 0.2) is 36.7 Å². The van der Waals surface area contributed by atoms with Crippen LogP contribution >= 0.6 is 11.6 Å². The van der Waals surface area contributed by atoms with E-state index in [1.165, 1.54) is 32.4 Å².